The van der Waals surface area contributed by atoms with E-state index < -0.39 is 0 Å². The minimum Gasteiger partial charge on any atom is -0.493 e. The van der Waals surface area contributed by atoms with Gasteiger partial charge in [0.05, 0.1) is 6.61 Å². The summed E-state index contributed by atoms with van der Waals surface area (Å²) in [5.41, 5.74) is 1.28. The second-order valence-electron chi connectivity index (χ2n) is 5.45. The lowest BCUT2D eigenvalue weighted by Gasteiger charge is -2.24. The lowest BCUT2D eigenvalue weighted by atomic mass is 10.0. The molecule has 0 bridgehead atoms. The number of halogens is 1. The molecule has 106 valence electrons. The molecule has 2 rings (SSSR count). The fourth-order valence-corrected chi connectivity index (χ4v) is 2.59. The molecular weight excluding hydrogens is 304 g/mol. The van der Waals surface area contributed by atoms with Gasteiger partial charge in [0.25, 0.3) is 0 Å². The van der Waals surface area contributed by atoms with Crippen molar-refractivity contribution in [1.82, 2.24) is 10.2 Å². The van der Waals surface area contributed by atoms with Crippen LogP contribution in [-0.4, -0.2) is 38.2 Å². The van der Waals surface area contributed by atoms with Gasteiger partial charge in [0.15, 0.2) is 0 Å². The van der Waals surface area contributed by atoms with Gasteiger partial charge in [0.2, 0.25) is 0 Å². The Balaban J connectivity index is 2.09. The van der Waals surface area contributed by atoms with Crippen molar-refractivity contribution in [2.75, 3.05) is 27.2 Å². The molecule has 19 heavy (non-hydrogen) atoms. The van der Waals surface area contributed by atoms with Gasteiger partial charge < -0.3 is 15.0 Å². The van der Waals surface area contributed by atoms with E-state index in [1.54, 1.807) is 0 Å². The molecule has 1 aliphatic rings. The maximum Gasteiger partial charge on any atom is 0.125 e. The van der Waals surface area contributed by atoms with E-state index in [1.807, 2.05) is 0 Å². The molecule has 2 atom stereocenters. The van der Waals surface area contributed by atoms with Gasteiger partial charge in [0.1, 0.15) is 5.75 Å². The Labute approximate surface area is 124 Å². The van der Waals surface area contributed by atoms with Gasteiger partial charge in [-0.05, 0) is 46.0 Å². The maximum absolute atomic E-state index is 5.83. The summed E-state index contributed by atoms with van der Waals surface area (Å²) >= 11 is 3.51. The molecule has 0 amide bonds. The predicted molar refractivity (Wildman–Crippen MR) is 82.8 cm³/mol. The molecule has 1 aliphatic heterocycles. The second kappa shape index (κ2) is 6.73. The number of hydrogen-bond acceptors (Lipinski definition) is 3. The van der Waals surface area contributed by atoms with Gasteiger partial charge in [-0.25, -0.2) is 0 Å². The first-order chi connectivity index (χ1) is 9.08. The normalized spacial score (nSPS) is 20.6. The number of nitrogens with one attached hydrogen (secondary N) is 1. The van der Waals surface area contributed by atoms with Crippen LogP contribution in [0.15, 0.2) is 22.7 Å². The monoisotopic (exact) mass is 326 g/mol. The summed E-state index contributed by atoms with van der Waals surface area (Å²) in [5.74, 6) is 1.02. The van der Waals surface area contributed by atoms with Crippen LogP contribution in [0.4, 0.5) is 0 Å². The summed E-state index contributed by atoms with van der Waals surface area (Å²) in [4.78, 5) is 2.24. The van der Waals surface area contributed by atoms with Crippen LogP contribution in [0.1, 0.15) is 31.4 Å². The van der Waals surface area contributed by atoms with Gasteiger partial charge in [-0.1, -0.05) is 22.0 Å². The summed E-state index contributed by atoms with van der Waals surface area (Å²) in [6.45, 7) is 4.04. The molecule has 0 aromatic heterocycles. The number of likely N-dealkylation sites (N-methyl/N-ethyl adjacent to an activating group) is 1. The zero-order valence-corrected chi connectivity index (χ0v) is 13.5. The molecule has 0 saturated heterocycles. The summed E-state index contributed by atoms with van der Waals surface area (Å²) < 4.78 is 6.91. The van der Waals surface area contributed by atoms with Crippen molar-refractivity contribution in [3.63, 3.8) is 0 Å². The third kappa shape index (κ3) is 3.94. The first kappa shape index (κ1) is 14.8. The number of ether oxygens (including phenoxy) is 1. The highest BCUT2D eigenvalue weighted by Crippen LogP contribution is 2.33. The molecule has 0 radical (unpaired) electrons. The zero-order valence-electron chi connectivity index (χ0n) is 11.9. The minimum absolute atomic E-state index is 0.396. The van der Waals surface area contributed by atoms with Crippen molar-refractivity contribution in [1.29, 1.82) is 0 Å². The first-order valence-electron chi connectivity index (χ1n) is 6.90. The van der Waals surface area contributed by atoms with E-state index in [9.17, 15) is 0 Å². The quantitative estimate of drug-likeness (QED) is 0.919. The molecule has 1 heterocycles. The number of fused-ring (bicyclic) bond motifs is 1. The van der Waals surface area contributed by atoms with Crippen molar-refractivity contribution < 1.29 is 4.74 Å². The molecule has 0 saturated carbocycles. The third-order valence-corrected chi connectivity index (χ3v) is 4.28. The molecular formula is C15H23BrN2O. The molecule has 3 nitrogen and oxygen atoms in total. The average molecular weight is 327 g/mol. The Morgan fingerprint density at radius 1 is 1.47 bits per heavy atom. The highest BCUT2D eigenvalue weighted by atomic mass is 79.9. The molecule has 1 aromatic rings. The van der Waals surface area contributed by atoms with Crippen LogP contribution in [-0.2, 0) is 0 Å². The van der Waals surface area contributed by atoms with E-state index >= 15 is 0 Å². The van der Waals surface area contributed by atoms with Crippen LogP contribution in [0.2, 0.25) is 0 Å². The molecule has 0 fully saturated rings. The fourth-order valence-electron chi connectivity index (χ4n) is 2.25. The number of nitrogens with zero attached hydrogens (tertiary/aromatic N) is 1. The lowest BCUT2D eigenvalue weighted by molar-refractivity contribution is 0.289. The first-order valence-corrected chi connectivity index (χ1v) is 7.69. The van der Waals surface area contributed by atoms with Crippen LogP contribution < -0.4 is 10.1 Å². The summed E-state index contributed by atoms with van der Waals surface area (Å²) in [6, 6.07) is 7.27. The van der Waals surface area contributed by atoms with Crippen molar-refractivity contribution in [2.45, 2.75) is 31.8 Å². The van der Waals surface area contributed by atoms with E-state index in [-0.39, 0.29) is 0 Å². The van der Waals surface area contributed by atoms with Crippen LogP contribution in [0.3, 0.4) is 0 Å². The molecule has 1 N–H and O–H groups in total. The Morgan fingerprint density at radius 3 is 3.00 bits per heavy atom. The van der Waals surface area contributed by atoms with E-state index in [2.05, 4.69) is 65.4 Å². The molecule has 1 aromatic carbocycles. The Kier molecular flexibility index (Phi) is 5.25. The highest BCUT2D eigenvalue weighted by Gasteiger charge is 2.20. The SMILES string of the molecule is CC(CNC1CCCOc2cc(Br)ccc21)N(C)C. The standard InChI is InChI=1S/C15H23BrN2O/c1-11(18(2)3)10-17-14-5-4-8-19-15-9-12(16)6-7-13(14)15/h6-7,9,11,14,17H,4-5,8,10H2,1-3H3. The van der Waals surface area contributed by atoms with Gasteiger partial charge in [0, 0.05) is 28.7 Å². The van der Waals surface area contributed by atoms with Crippen molar-refractivity contribution in [3.05, 3.63) is 28.2 Å². The van der Waals surface area contributed by atoms with Crippen LogP contribution in [0.5, 0.6) is 5.75 Å². The zero-order chi connectivity index (χ0) is 13.8. The Bertz CT molecular complexity index is 423. The number of rotatable bonds is 4. The summed E-state index contributed by atoms with van der Waals surface area (Å²) in [7, 11) is 4.24. The van der Waals surface area contributed by atoms with E-state index in [0.29, 0.717) is 12.1 Å². The second-order valence-corrected chi connectivity index (χ2v) is 6.36. The van der Waals surface area contributed by atoms with Crippen LogP contribution >= 0.6 is 15.9 Å². The summed E-state index contributed by atoms with van der Waals surface area (Å²) in [5, 5.41) is 3.68. The smallest absolute Gasteiger partial charge is 0.125 e. The predicted octanol–water partition coefficient (Wildman–Crippen LogP) is 3.20. The van der Waals surface area contributed by atoms with Gasteiger partial charge >= 0.3 is 0 Å². The van der Waals surface area contributed by atoms with Gasteiger partial charge in [-0.15, -0.1) is 0 Å². The molecule has 0 aliphatic carbocycles. The topological polar surface area (TPSA) is 24.5 Å². The van der Waals surface area contributed by atoms with Crippen molar-refractivity contribution in [3.8, 4) is 5.75 Å². The number of hydrogen-bond donors (Lipinski definition) is 1. The summed E-state index contributed by atoms with van der Waals surface area (Å²) in [6.07, 6.45) is 2.23. The molecule has 2 unspecified atom stereocenters. The van der Waals surface area contributed by atoms with Crippen LogP contribution in [0.25, 0.3) is 0 Å². The number of benzene rings is 1. The maximum atomic E-state index is 5.83. The Hall–Kier alpha value is -0.580. The fraction of sp³-hybridized carbons (Fsp3) is 0.600. The largest absolute Gasteiger partial charge is 0.493 e. The molecule has 4 heteroatoms. The lowest BCUT2D eigenvalue weighted by Crippen LogP contribution is -2.37. The van der Waals surface area contributed by atoms with Crippen LogP contribution in [0, 0.1) is 0 Å². The average Bonchev–Trinajstić information content (AvgIpc) is 2.57. The Morgan fingerprint density at radius 2 is 2.26 bits per heavy atom. The minimum atomic E-state index is 0.396. The van der Waals surface area contributed by atoms with E-state index in [1.165, 1.54) is 5.56 Å². The van der Waals surface area contributed by atoms with Crippen molar-refractivity contribution in [2.24, 2.45) is 0 Å². The highest BCUT2D eigenvalue weighted by molar-refractivity contribution is 9.10. The van der Waals surface area contributed by atoms with Gasteiger partial charge in [-0.2, -0.15) is 0 Å². The van der Waals surface area contributed by atoms with E-state index in [4.69, 9.17) is 4.74 Å². The molecule has 0 spiro atoms. The van der Waals surface area contributed by atoms with E-state index in [0.717, 1.165) is 36.2 Å². The van der Waals surface area contributed by atoms with Gasteiger partial charge in [-0.3, -0.25) is 0 Å². The third-order valence-electron chi connectivity index (χ3n) is 3.79. The van der Waals surface area contributed by atoms with Crippen molar-refractivity contribution >= 4 is 15.9 Å².